The maximum absolute atomic E-state index is 9.46. The third-order valence-corrected chi connectivity index (χ3v) is 3.38. The van der Waals surface area contributed by atoms with Crippen molar-refractivity contribution in [2.24, 2.45) is 5.16 Å². The molecule has 22 heavy (non-hydrogen) atoms. The molecule has 0 spiro atoms. The van der Waals surface area contributed by atoms with Crippen LogP contribution in [0.4, 0.5) is 0 Å². The van der Waals surface area contributed by atoms with E-state index in [-0.39, 0.29) is 0 Å². The zero-order chi connectivity index (χ0) is 15.2. The molecule has 0 saturated heterocycles. The van der Waals surface area contributed by atoms with Crippen molar-refractivity contribution in [3.8, 4) is 0 Å². The number of hydrogen-bond acceptors (Lipinski definition) is 4. The van der Waals surface area contributed by atoms with Crippen molar-refractivity contribution >= 4 is 5.71 Å². The van der Waals surface area contributed by atoms with E-state index in [1.54, 1.807) is 12.4 Å². The van der Waals surface area contributed by atoms with Gasteiger partial charge in [-0.3, -0.25) is 9.97 Å². The van der Waals surface area contributed by atoms with Crippen LogP contribution in [0.25, 0.3) is 0 Å². The van der Waals surface area contributed by atoms with Gasteiger partial charge in [0.1, 0.15) is 5.71 Å². The molecule has 0 saturated carbocycles. The molecule has 0 unspecified atom stereocenters. The maximum atomic E-state index is 9.46. The first-order chi connectivity index (χ1) is 10.9. The van der Waals surface area contributed by atoms with Crippen molar-refractivity contribution in [3.05, 3.63) is 95.6 Å². The summed E-state index contributed by atoms with van der Waals surface area (Å²) >= 11 is 0. The summed E-state index contributed by atoms with van der Waals surface area (Å²) in [5, 5.41) is 12.9. The average Bonchev–Trinajstić information content (AvgIpc) is 2.59. The summed E-state index contributed by atoms with van der Waals surface area (Å²) in [7, 11) is 0. The van der Waals surface area contributed by atoms with Gasteiger partial charge in [-0.1, -0.05) is 41.6 Å². The molecule has 4 nitrogen and oxygen atoms in total. The van der Waals surface area contributed by atoms with Crippen LogP contribution in [0.3, 0.4) is 0 Å². The van der Waals surface area contributed by atoms with Gasteiger partial charge in [-0.2, -0.15) is 0 Å². The number of oxime groups is 1. The Morgan fingerprint density at radius 1 is 0.864 bits per heavy atom. The molecule has 1 N–H and O–H groups in total. The van der Waals surface area contributed by atoms with Gasteiger partial charge in [0.15, 0.2) is 0 Å². The number of nitrogens with zero attached hydrogens (tertiary/aromatic N) is 3. The van der Waals surface area contributed by atoms with Crippen molar-refractivity contribution in [2.75, 3.05) is 0 Å². The SMILES string of the molecule is ON=C(c1ccccn1)c1ccccc1Cc1ccccn1. The van der Waals surface area contributed by atoms with Gasteiger partial charge in [-0.05, 0) is 29.8 Å². The van der Waals surface area contributed by atoms with Crippen LogP contribution < -0.4 is 0 Å². The quantitative estimate of drug-likeness (QED) is 0.455. The lowest BCUT2D eigenvalue weighted by Gasteiger charge is -2.10. The van der Waals surface area contributed by atoms with Gasteiger partial charge < -0.3 is 5.21 Å². The van der Waals surface area contributed by atoms with Crippen molar-refractivity contribution < 1.29 is 5.21 Å². The lowest BCUT2D eigenvalue weighted by atomic mass is 9.97. The first kappa shape index (κ1) is 13.9. The van der Waals surface area contributed by atoms with Crippen LogP contribution in [-0.2, 0) is 6.42 Å². The fourth-order valence-electron chi connectivity index (χ4n) is 2.35. The molecule has 0 amide bonds. The molecule has 0 atom stereocenters. The van der Waals surface area contributed by atoms with Gasteiger partial charge in [0.25, 0.3) is 0 Å². The van der Waals surface area contributed by atoms with E-state index in [4.69, 9.17) is 0 Å². The molecule has 3 rings (SSSR count). The fourth-order valence-corrected chi connectivity index (χ4v) is 2.35. The summed E-state index contributed by atoms with van der Waals surface area (Å²) in [6.07, 6.45) is 4.13. The smallest absolute Gasteiger partial charge is 0.135 e. The van der Waals surface area contributed by atoms with E-state index in [9.17, 15) is 5.21 Å². The molecule has 0 aliphatic heterocycles. The van der Waals surface area contributed by atoms with Crippen LogP contribution in [0.15, 0.2) is 78.2 Å². The Morgan fingerprint density at radius 3 is 2.27 bits per heavy atom. The lowest BCUT2D eigenvalue weighted by Crippen LogP contribution is -2.09. The second kappa shape index (κ2) is 6.63. The number of hydrogen-bond donors (Lipinski definition) is 1. The number of rotatable bonds is 4. The van der Waals surface area contributed by atoms with Gasteiger partial charge in [-0.15, -0.1) is 0 Å². The molecule has 1 aromatic carbocycles. The first-order valence-corrected chi connectivity index (χ1v) is 7.00. The van der Waals surface area contributed by atoms with Crippen LogP contribution in [-0.4, -0.2) is 20.9 Å². The molecule has 0 aliphatic carbocycles. The van der Waals surface area contributed by atoms with Gasteiger partial charge in [0.2, 0.25) is 0 Å². The Hall–Kier alpha value is -3.01. The van der Waals surface area contributed by atoms with Crippen molar-refractivity contribution in [1.82, 2.24) is 9.97 Å². The highest BCUT2D eigenvalue weighted by Gasteiger charge is 2.13. The van der Waals surface area contributed by atoms with Crippen LogP contribution in [0.2, 0.25) is 0 Å². The standard InChI is InChI=1S/C18H15N3O/c22-21-18(17-10-4-6-12-20-17)16-9-2-1-7-14(16)13-15-8-3-5-11-19-15/h1-12,22H,13H2. The largest absolute Gasteiger partial charge is 0.410 e. The number of pyridine rings is 2. The Bertz CT molecular complexity index is 771. The van der Waals surface area contributed by atoms with Crippen LogP contribution in [0, 0.1) is 0 Å². The van der Waals surface area contributed by atoms with Gasteiger partial charge in [-0.25, -0.2) is 0 Å². The number of benzene rings is 1. The molecule has 0 fully saturated rings. The summed E-state index contributed by atoms with van der Waals surface area (Å²) in [6.45, 7) is 0. The minimum Gasteiger partial charge on any atom is -0.410 e. The summed E-state index contributed by atoms with van der Waals surface area (Å²) < 4.78 is 0. The minimum atomic E-state index is 0.465. The van der Waals surface area contributed by atoms with Crippen molar-refractivity contribution in [1.29, 1.82) is 0 Å². The van der Waals surface area contributed by atoms with Crippen molar-refractivity contribution in [3.63, 3.8) is 0 Å². The molecule has 2 aromatic heterocycles. The second-order valence-corrected chi connectivity index (χ2v) is 4.82. The van der Waals surface area contributed by atoms with Gasteiger partial charge in [0.05, 0.1) is 5.69 Å². The predicted octanol–water partition coefficient (Wildman–Crippen LogP) is 3.29. The minimum absolute atomic E-state index is 0.465. The Kier molecular flexibility index (Phi) is 4.20. The summed E-state index contributed by atoms with van der Waals surface area (Å²) in [4.78, 5) is 8.62. The van der Waals surface area contributed by atoms with E-state index < -0.39 is 0 Å². The third-order valence-electron chi connectivity index (χ3n) is 3.38. The summed E-state index contributed by atoms with van der Waals surface area (Å²) in [5.41, 5.74) is 3.97. The molecule has 3 aromatic rings. The molecular weight excluding hydrogens is 274 g/mol. The van der Waals surface area contributed by atoms with Crippen LogP contribution in [0.1, 0.15) is 22.5 Å². The topological polar surface area (TPSA) is 58.4 Å². The highest BCUT2D eigenvalue weighted by Crippen LogP contribution is 2.17. The van der Waals surface area contributed by atoms with Crippen LogP contribution >= 0.6 is 0 Å². The lowest BCUT2D eigenvalue weighted by molar-refractivity contribution is 0.319. The molecular formula is C18H15N3O. The van der Waals surface area contributed by atoms with E-state index >= 15 is 0 Å². The molecule has 0 aliphatic rings. The molecule has 4 heteroatoms. The first-order valence-electron chi connectivity index (χ1n) is 7.00. The fraction of sp³-hybridized carbons (Fsp3) is 0.0556. The average molecular weight is 289 g/mol. The monoisotopic (exact) mass is 289 g/mol. The maximum Gasteiger partial charge on any atom is 0.135 e. The predicted molar refractivity (Wildman–Crippen MR) is 85.1 cm³/mol. The zero-order valence-electron chi connectivity index (χ0n) is 11.9. The Labute approximate surface area is 128 Å². The third kappa shape index (κ3) is 3.01. The Balaban J connectivity index is 2.01. The van der Waals surface area contributed by atoms with Crippen LogP contribution in [0.5, 0.6) is 0 Å². The molecule has 108 valence electrons. The number of aromatic nitrogens is 2. The normalized spacial score (nSPS) is 11.4. The van der Waals surface area contributed by atoms with Gasteiger partial charge >= 0.3 is 0 Å². The Morgan fingerprint density at radius 2 is 1.59 bits per heavy atom. The highest BCUT2D eigenvalue weighted by atomic mass is 16.4. The van der Waals surface area contributed by atoms with Gasteiger partial charge in [0, 0.05) is 30.1 Å². The van der Waals surface area contributed by atoms with E-state index in [2.05, 4.69) is 15.1 Å². The summed E-state index contributed by atoms with van der Waals surface area (Å²) in [6, 6.07) is 19.2. The molecule has 0 bridgehead atoms. The van der Waals surface area contributed by atoms with E-state index in [0.717, 1.165) is 16.8 Å². The van der Waals surface area contributed by atoms with E-state index in [0.29, 0.717) is 17.8 Å². The zero-order valence-corrected chi connectivity index (χ0v) is 11.9. The van der Waals surface area contributed by atoms with Crippen molar-refractivity contribution in [2.45, 2.75) is 6.42 Å². The molecule has 0 radical (unpaired) electrons. The summed E-state index contributed by atoms with van der Waals surface area (Å²) in [5.74, 6) is 0. The highest BCUT2D eigenvalue weighted by molar-refractivity contribution is 6.12. The van der Waals surface area contributed by atoms with E-state index in [1.807, 2.05) is 60.7 Å². The second-order valence-electron chi connectivity index (χ2n) is 4.82. The van der Waals surface area contributed by atoms with E-state index in [1.165, 1.54) is 0 Å². The molecule has 2 heterocycles.